The van der Waals surface area contributed by atoms with Crippen molar-refractivity contribution in [3.8, 4) is 5.69 Å². The summed E-state index contributed by atoms with van der Waals surface area (Å²) in [7, 11) is 0. The molecule has 0 bridgehead atoms. The molecule has 4 heteroatoms. The first-order valence-electron chi connectivity index (χ1n) is 10.3. The fourth-order valence-corrected chi connectivity index (χ4v) is 4.51. The lowest BCUT2D eigenvalue weighted by Crippen LogP contribution is -2.44. The molecule has 2 aromatic rings. The molecule has 4 rings (SSSR count). The number of aryl methyl sites for hydroxylation is 2. The van der Waals surface area contributed by atoms with Gasteiger partial charge in [0.05, 0.1) is 11.9 Å². The number of hydrogen-bond donors (Lipinski definition) is 1. The van der Waals surface area contributed by atoms with Crippen molar-refractivity contribution in [1.82, 2.24) is 20.0 Å². The van der Waals surface area contributed by atoms with Gasteiger partial charge in [-0.15, -0.1) is 0 Å². The van der Waals surface area contributed by atoms with E-state index in [1.54, 1.807) is 0 Å². The van der Waals surface area contributed by atoms with Crippen LogP contribution in [0.15, 0.2) is 24.4 Å². The first-order chi connectivity index (χ1) is 12.7. The van der Waals surface area contributed by atoms with Crippen molar-refractivity contribution in [3.63, 3.8) is 0 Å². The van der Waals surface area contributed by atoms with Crippen LogP contribution in [0.1, 0.15) is 61.0 Å². The molecule has 1 saturated heterocycles. The number of hydrogen-bond acceptors (Lipinski definition) is 3. The second kappa shape index (κ2) is 7.53. The molecule has 0 radical (unpaired) electrons. The van der Waals surface area contributed by atoms with Gasteiger partial charge in [-0.3, -0.25) is 0 Å². The lowest BCUT2D eigenvalue weighted by molar-refractivity contribution is 0.196. The summed E-state index contributed by atoms with van der Waals surface area (Å²) >= 11 is 0. The van der Waals surface area contributed by atoms with E-state index in [9.17, 15) is 0 Å². The third kappa shape index (κ3) is 3.45. The van der Waals surface area contributed by atoms with Crippen LogP contribution in [-0.2, 0) is 6.42 Å². The molecule has 1 aromatic heterocycles. The highest BCUT2D eigenvalue weighted by Crippen LogP contribution is 2.32. The smallest absolute Gasteiger partial charge is 0.0651 e. The Bertz CT molecular complexity index is 755. The topological polar surface area (TPSA) is 33.1 Å². The van der Waals surface area contributed by atoms with Crippen LogP contribution in [0.5, 0.6) is 0 Å². The Morgan fingerprint density at radius 1 is 1.12 bits per heavy atom. The quantitative estimate of drug-likeness (QED) is 0.905. The molecule has 1 unspecified atom stereocenters. The molecule has 0 spiro atoms. The zero-order chi connectivity index (χ0) is 18.1. The van der Waals surface area contributed by atoms with E-state index >= 15 is 0 Å². The Morgan fingerprint density at radius 3 is 2.65 bits per heavy atom. The third-order valence-corrected chi connectivity index (χ3v) is 6.39. The molecule has 0 saturated carbocycles. The molecular formula is C22H32N4. The van der Waals surface area contributed by atoms with Crippen LogP contribution in [0.2, 0.25) is 0 Å². The second-order valence-corrected chi connectivity index (χ2v) is 8.05. The van der Waals surface area contributed by atoms with Gasteiger partial charge >= 0.3 is 0 Å². The molecule has 26 heavy (non-hydrogen) atoms. The molecule has 4 nitrogen and oxygen atoms in total. The maximum atomic E-state index is 4.78. The molecular weight excluding hydrogens is 320 g/mol. The number of rotatable bonds is 4. The summed E-state index contributed by atoms with van der Waals surface area (Å²) in [6, 6.07) is 7.79. The van der Waals surface area contributed by atoms with Crippen molar-refractivity contribution in [3.05, 3.63) is 46.8 Å². The van der Waals surface area contributed by atoms with Crippen LogP contribution in [0.25, 0.3) is 5.69 Å². The molecule has 1 aliphatic carbocycles. The van der Waals surface area contributed by atoms with Gasteiger partial charge in [-0.05, 0) is 88.8 Å². The summed E-state index contributed by atoms with van der Waals surface area (Å²) < 4.78 is 2.18. The minimum absolute atomic E-state index is 0.470. The van der Waals surface area contributed by atoms with Crippen LogP contribution >= 0.6 is 0 Å². The Hall–Kier alpha value is -1.65. The van der Waals surface area contributed by atoms with Crippen molar-refractivity contribution in [2.45, 2.75) is 65.0 Å². The average molecular weight is 353 g/mol. The SMILES string of the molecule is CCN1CCC(NC2CCCc3c2cnn3-c2ccc(C)c(C)c2)CC1. The lowest BCUT2D eigenvalue weighted by atomic mass is 9.91. The van der Waals surface area contributed by atoms with Gasteiger partial charge in [0.25, 0.3) is 0 Å². The molecule has 1 atom stereocenters. The predicted molar refractivity (Wildman–Crippen MR) is 107 cm³/mol. The standard InChI is InChI=1S/C22H32N4/c1-4-25-12-10-18(11-13-25)24-21-6-5-7-22-20(21)15-23-26(22)19-9-8-16(2)17(3)14-19/h8-9,14-15,18,21,24H,4-7,10-13H2,1-3H3. The van der Waals surface area contributed by atoms with Crippen LogP contribution in [0.4, 0.5) is 0 Å². The van der Waals surface area contributed by atoms with Crippen molar-refractivity contribution >= 4 is 0 Å². The number of piperidine rings is 1. The summed E-state index contributed by atoms with van der Waals surface area (Å²) in [6.07, 6.45) is 8.27. The van der Waals surface area contributed by atoms with E-state index in [4.69, 9.17) is 5.10 Å². The molecule has 140 valence electrons. The fraction of sp³-hybridized carbons (Fsp3) is 0.591. The van der Waals surface area contributed by atoms with E-state index in [0.29, 0.717) is 12.1 Å². The minimum atomic E-state index is 0.470. The highest BCUT2D eigenvalue weighted by atomic mass is 15.3. The number of aromatic nitrogens is 2. The van der Waals surface area contributed by atoms with E-state index in [2.05, 4.69) is 60.1 Å². The summed E-state index contributed by atoms with van der Waals surface area (Å²) in [5, 5.41) is 8.74. The van der Waals surface area contributed by atoms with Gasteiger partial charge in [0.1, 0.15) is 0 Å². The van der Waals surface area contributed by atoms with Crippen molar-refractivity contribution in [1.29, 1.82) is 0 Å². The van der Waals surface area contributed by atoms with Crippen molar-refractivity contribution in [2.75, 3.05) is 19.6 Å². The first-order valence-corrected chi connectivity index (χ1v) is 10.3. The summed E-state index contributed by atoms with van der Waals surface area (Å²) in [6.45, 7) is 10.3. The van der Waals surface area contributed by atoms with Crippen LogP contribution in [-0.4, -0.2) is 40.4 Å². The highest BCUT2D eigenvalue weighted by Gasteiger charge is 2.28. The number of likely N-dealkylation sites (tertiary alicyclic amines) is 1. The van der Waals surface area contributed by atoms with Gasteiger partial charge in [-0.1, -0.05) is 13.0 Å². The maximum Gasteiger partial charge on any atom is 0.0651 e. The fourth-order valence-electron chi connectivity index (χ4n) is 4.51. The number of nitrogens with one attached hydrogen (secondary N) is 1. The van der Waals surface area contributed by atoms with Gasteiger partial charge in [0.15, 0.2) is 0 Å². The predicted octanol–water partition coefficient (Wildman–Crippen LogP) is 3.94. The van der Waals surface area contributed by atoms with Gasteiger partial charge in [-0.2, -0.15) is 5.10 Å². The van der Waals surface area contributed by atoms with E-state index in [1.807, 2.05) is 0 Å². The molecule has 2 heterocycles. The van der Waals surface area contributed by atoms with E-state index < -0.39 is 0 Å². The maximum absolute atomic E-state index is 4.78. The van der Waals surface area contributed by atoms with E-state index in [-0.39, 0.29) is 0 Å². The Morgan fingerprint density at radius 2 is 1.92 bits per heavy atom. The number of nitrogens with zero attached hydrogens (tertiary/aromatic N) is 3. The largest absolute Gasteiger partial charge is 0.307 e. The molecule has 2 aliphatic rings. The van der Waals surface area contributed by atoms with Gasteiger partial charge in [0.2, 0.25) is 0 Å². The van der Waals surface area contributed by atoms with Crippen LogP contribution in [0.3, 0.4) is 0 Å². The van der Waals surface area contributed by atoms with Crippen molar-refractivity contribution < 1.29 is 0 Å². The van der Waals surface area contributed by atoms with E-state index in [1.165, 1.54) is 73.4 Å². The summed E-state index contributed by atoms with van der Waals surface area (Å²) in [4.78, 5) is 2.56. The van der Waals surface area contributed by atoms with Crippen LogP contribution < -0.4 is 5.32 Å². The van der Waals surface area contributed by atoms with Gasteiger partial charge < -0.3 is 10.2 Å². The van der Waals surface area contributed by atoms with Gasteiger partial charge in [0, 0.05) is 23.3 Å². The Labute approximate surface area is 157 Å². The molecule has 1 aliphatic heterocycles. The average Bonchev–Trinajstić information content (AvgIpc) is 3.10. The zero-order valence-electron chi connectivity index (χ0n) is 16.5. The molecule has 1 aromatic carbocycles. The number of fused-ring (bicyclic) bond motifs is 1. The Balaban J connectivity index is 1.52. The normalized spacial score (nSPS) is 21.7. The Kier molecular flexibility index (Phi) is 5.14. The molecule has 0 amide bonds. The van der Waals surface area contributed by atoms with E-state index in [0.717, 1.165) is 6.42 Å². The third-order valence-electron chi connectivity index (χ3n) is 6.39. The summed E-state index contributed by atoms with van der Waals surface area (Å²) in [5.41, 5.74) is 6.70. The van der Waals surface area contributed by atoms with Crippen molar-refractivity contribution in [2.24, 2.45) is 0 Å². The highest BCUT2D eigenvalue weighted by molar-refractivity contribution is 5.42. The second-order valence-electron chi connectivity index (χ2n) is 8.05. The van der Waals surface area contributed by atoms with Crippen LogP contribution in [0, 0.1) is 13.8 Å². The molecule has 1 fully saturated rings. The minimum Gasteiger partial charge on any atom is -0.307 e. The summed E-state index contributed by atoms with van der Waals surface area (Å²) in [5.74, 6) is 0. The number of benzene rings is 1. The zero-order valence-corrected chi connectivity index (χ0v) is 16.5. The van der Waals surface area contributed by atoms with Gasteiger partial charge in [-0.25, -0.2) is 4.68 Å². The molecule has 1 N–H and O–H groups in total. The lowest BCUT2D eigenvalue weighted by Gasteiger charge is -2.35. The monoisotopic (exact) mass is 352 g/mol. The first kappa shape index (κ1) is 17.7.